The second-order valence-electron chi connectivity index (χ2n) is 9.10. The van der Waals surface area contributed by atoms with Gasteiger partial charge in [-0.2, -0.15) is 0 Å². The first-order valence-corrected chi connectivity index (χ1v) is 11.9. The van der Waals surface area contributed by atoms with Gasteiger partial charge in [-0.15, -0.1) is 0 Å². The van der Waals surface area contributed by atoms with Crippen LogP contribution >= 0.6 is 11.6 Å². The van der Waals surface area contributed by atoms with Crippen molar-refractivity contribution in [1.29, 1.82) is 0 Å². The van der Waals surface area contributed by atoms with Gasteiger partial charge in [0.25, 0.3) is 0 Å². The van der Waals surface area contributed by atoms with Crippen molar-refractivity contribution in [2.75, 3.05) is 19.6 Å². The Morgan fingerprint density at radius 3 is 2.77 bits per heavy atom. The maximum atomic E-state index is 13.1. The van der Waals surface area contributed by atoms with Gasteiger partial charge < -0.3 is 10.3 Å². The molecule has 31 heavy (non-hydrogen) atoms. The fourth-order valence-corrected chi connectivity index (χ4v) is 5.50. The number of halogens is 1. The molecule has 0 saturated carbocycles. The number of benzene rings is 2. The number of carbonyl (C=O) groups excluding carboxylic acids is 1. The molecule has 2 heterocycles. The van der Waals surface area contributed by atoms with Crippen LogP contribution in [0.25, 0.3) is 10.9 Å². The lowest BCUT2D eigenvalue weighted by atomic mass is 9.86. The number of hydrogen-bond acceptors (Lipinski definition) is 2. The highest BCUT2D eigenvalue weighted by molar-refractivity contribution is 6.30. The van der Waals surface area contributed by atoms with E-state index in [0.717, 1.165) is 74.5 Å². The van der Waals surface area contributed by atoms with Crippen LogP contribution in [0.4, 0.5) is 0 Å². The molecule has 0 unspecified atom stereocenters. The smallest absolute Gasteiger partial charge is 0.229 e. The van der Waals surface area contributed by atoms with Crippen LogP contribution in [-0.2, 0) is 17.8 Å². The molecule has 2 aliphatic rings. The summed E-state index contributed by atoms with van der Waals surface area (Å²) in [5.74, 6) is 0.707. The number of nitrogens with one attached hydrogen (secondary N) is 2. The fraction of sp³-hybridized carbons (Fsp3) is 0.423. The number of aromatic nitrogens is 1. The summed E-state index contributed by atoms with van der Waals surface area (Å²) >= 11 is 6.11. The summed E-state index contributed by atoms with van der Waals surface area (Å²) in [6.07, 6.45) is 5.33. The van der Waals surface area contributed by atoms with Crippen LogP contribution in [0.5, 0.6) is 0 Å². The molecule has 2 aromatic carbocycles. The SMILES string of the molecule is O=C(NCC1CCN(Cc2cccc(Cl)c2)CC1)[C@H]1CCCc2c1[nH]c1ccccc21. The molecule has 1 aromatic heterocycles. The van der Waals surface area contributed by atoms with Crippen molar-refractivity contribution < 1.29 is 4.79 Å². The van der Waals surface area contributed by atoms with E-state index in [4.69, 9.17) is 11.6 Å². The first-order valence-electron chi connectivity index (χ1n) is 11.5. The summed E-state index contributed by atoms with van der Waals surface area (Å²) in [6.45, 7) is 3.88. The van der Waals surface area contributed by atoms with Gasteiger partial charge in [0.05, 0.1) is 5.92 Å². The minimum atomic E-state index is -0.0425. The Balaban J connectivity index is 1.14. The number of para-hydroxylation sites is 1. The number of rotatable bonds is 5. The standard InChI is InChI=1S/C26H30ClN3O/c27-20-6-3-5-19(15-20)17-30-13-11-18(12-14-30)16-28-26(31)23-9-4-8-22-21-7-1-2-10-24(21)29-25(22)23/h1-3,5-7,10,15,18,23,29H,4,8-9,11-14,16-17H2,(H,28,31)/t23-/m0/s1. The van der Waals surface area contributed by atoms with E-state index in [1.807, 2.05) is 12.1 Å². The Kier molecular flexibility index (Phi) is 6.02. The van der Waals surface area contributed by atoms with E-state index in [-0.39, 0.29) is 11.8 Å². The molecule has 1 fully saturated rings. The summed E-state index contributed by atoms with van der Waals surface area (Å²) in [5, 5.41) is 5.37. The molecule has 1 aliphatic heterocycles. The molecular weight excluding hydrogens is 406 g/mol. The molecule has 1 saturated heterocycles. The number of likely N-dealkylation sites (tertiary alicyclic amines) is 1. The predicted molar refractivity (Wildman–Crippen MR) is 126 cm³/mol. The number of fused-ring (bicyclic) bond motifs is 3. The maximum absolute atomic E-state index is 13.1. The average Bonchev–Trinajstić information content (AvgIpc) is 3.17. The van der Waals surface area contributed by atoms with E-state index < -0.39 is 0 Å². The monoisotopic (exact) mass is 435 g/mol. The van der Waals surface area contributed by atoms with Gasteiger partial charge in [0, 0.05) is 34.7 Å². The largest absolute Gasteiger partial charge is 0.357 e. The van der Waals surface area contributed by atoms with E-state index in [9.17, 15) is 4.79 Å². The molecule has 5 rings (SSSR count). The van der Waals surface area contributed by atoms with Crippen molar-refractivity contribution in [2.45, 2.75) is 44.6 Å². The highest BCUT2D eigenvalue weighted by atomic mass is 35.5. The van der Waals surface area contributed by atoms with Gasteiger partial charge in [-0.05, 0) is 80.4 Å². The summed E-state index contributed by atoms with van der Waals surface area (Å²) in [5.41, 5.74) is 4.91. The number of carbonyl (C=O) groups is 1. The van der Waals surface area contributed by atoms with Gasteiger partial charge in [-0.25, -0.2) is 0 Å². The third-order valence-electron chi connectivity index (χ3n) is 7.00. The Bertz CT molecular complexity index is 1070. The molecule has 1 amide bonds. The zero-order valence-electron chi connectivity index (χ0n) is 17.9. The third-order valence-corrected chi connectivity index (χ3v) is 7.23. The van der Waals surface area contributed by atoms with E-state index in [1.54, 1.807) is 0 Å². The number of hydrogen-bond donors (Lipinski definition) is 2. The fourth-order valence-electron chi connectivity index (χ4n) is 5.29. The highest BCUT2D eigenvalue weighted by Gasteiger charge is 2.30. The number of H-pyrrole nitrogens is 1. The Morgan fingerprint density at radius 2 is 1.94 bits per heavy atom. The van der Waals surface area contributed by atoms with Crippen molar-refractivity contribution in [2.24, 2.45) is 5.92 Å². The molecule has 4 nitrogen and oxygen atoms in total. The first kappa shape index (κ1) is 20.6. The van der Waals surface area contributed by atoms with E-state index >= 15 is 0 Å². The van der Waals surface area contributed by atoms with Crippen LogP contribution in [-0.4, -0.2) is 35.4 Å². The molecule has 0 radical (unpaired) electrons. The number of nitrogens with zero attached hydrogens (tertiary/aromatic N) is 1. The normalized spacial score (nSPS) is 20.0. The summed E-state index contributed by atoms with van der Waals surface area (Å²) in [6, 6.07) is 16.5. The second-order valence-corrected chi connectivity index (χ2v) is 9.54. The molecule has 1 atom stereocenters. The molecule has 0 spiro atoms. The molecule has 1 aliphatic carbocycles. The number of aromatic amines is 1. The van der Waals surface area contributed by atoms with E-state index in [2.05, 4.69) is 51.6 Å². The van der Waals surface area contributed by atoms with Gasteiger partial charge >= 0.3 is 0 Å². The lowest BCUT2D eigenvalue weighted by Crippen LogP contribution is -2.40. The minimum absolute atomic E-state index is 0.0425. The van der Waals surface area contributed by atoms with Crippen LogP contribution in [0.1, 0.15) is 48.4 Å². The number of amides is 1. The van der Waals surface area contributed by atoms with Crippen LogP contribution in [0.3, 0.4) is 0 Å². The van der Waals surface area contributed by atoms with Crippen LogP contribution in [0.2, 0.25) is 5.02 Å². The topological polar surface area (TPSA) is 48.1 Å². The zero-order chi connectivity index (χ0) is 21.2. The van der Waals surface area contributed by atoms with Gasteiger partial charge in [0.1, 0.15) is 0 Å². The highest BCUT2D eigenvalue weighted by Crippen LogP contribution is 2.36. The first-order chi connectivity index (χ1) is 15.2. The molecule has 3 aromatic rings. The summed E-state index contributed by atoms with van der Waals surface area (Å²) in [7, 11) is 0. The molecule has 0 bridgehead atoms. The van der Waals surface area contributed by atoms with Gasteiger partial charge in [-0.1, -0.05) is 41.9 Å². The average molecular weight is 436 g/mol. The maximum Gasteiger partial charge on any atom is 0.229 e. The third kappa shape index (κ3) is 4.51. The lowest BCUT2D eigenvalue weighted by Gasteiger charge is -2.32. The van der Waals surface area contributed by atoms with E-state index in [1.165, 1.54) is 16.5 Å². The van der Waals surface area contributed by atoms with Crippen LogP contribution in [0.15, 0.2) is 48.5 Å². The Hall–Kier alpha value is -2.30. The van der Waals surface area contributed by atoms with Crippen molar-refractivity contribution >= 4 is 28.4 Å². The van der Waals surface area contributed by atoms with Crippen LogP contribution < -0.4 is 5.32 Å². The van der Waals surface area contributed by atoms with Crippen molar-refractivity contribution in [3.63, 3.8) is 0 Å². The molecule has 2 N–H and O–H groups in total. The zero-order valence-corrected chi connectivity index (χ0v) is 18.6. The molecule has 5 heteroatoms. The predicted octanol–water partition coefficient (Wildman–Crippen LogP) is 5.27. The minimum Gasteiger partial charge on any atom is -0.357 e. The molecule has 162 valence electrons. The summed E-state index contributed by atoms with van der Waals surface area (Å²) < 4.78 is 0. The van der Waals surface area contributed by atoms with Crippen LogP contribution in [0, 0.1) is 5.92 Å². The Morgan fingerprint density at radius 1 is 1.10 bits per heavy atom. The molecular formula is C26H30ClN3O. The van der Waals surface area contributed by atoms with Crippen molar-refractivity contribution in [1.82, 2.24) is 15.2 Å². The Labute approximate surface area is 189 Å². The second kappa shape index (κ2) is 9.05. The lowest BCUT2D eigenvalue weighted by molar-refractivity contribution is -0.123. The van der Waals surface area contributed by atoms with Gasteiger partial charge in [0.15, 0.2) is 0 Å². The van der Waals surface area contributed by atoms with Gasteiger partial charge in [-0.3, -0.25) is 9.69 Å². The van der Waals surface area contributed by atoms with Gasteiger partial charge in [0.2, 0.25) is 5.91 Å². The number of aryl methyl sites for hydroxylation is 1. The van der Waals surface area contributed by atoms with Crippen molar-refractivity contribution in [3.05, 3.63) is 70.4 Å². The van der Waals surface area contributed by atoms with Crippen molar-refractivity contribution in [3.8, 4) is 0 Å². The van der Waals surface area contributed by atoms with E-state index in [0.29, 0.717) is 5.92 Å². The quantitative estimate of drug-likeness (QED) is 0.573. The number of piperidine rings is 1. The summed E-state index contributed by atoms with van der Waals surface area (Å²) in [4.78, 5) is 19.1.